The molecule has 3 rings (SSSR count). The molecule has 20 nitrogen and oxygen atoms in total. The second-order valence-electron chi connectivity index (χ2n) is 11.1. The number of rotatable bonds is 20. The van der Waals surface area contributed by atoms with E-state index >= 15 is 0 Å². The van der Waals surface area contributed by atoms with Gasteiger partial charge in [-0.3, -0.25) is 28.5 Å². The number of benzene rings is 1. The molecule has 0 bridgehead atoms. The van der Waals surface area contributed by atoms with Crippen molar-refractivity contribution < 1.29 is 65.8 Å². The average Bonchev–Trinajstić information content (AvgIpc) is 3.37. The molecule has 1 aliphatic heterocycles. The van der Waals surface area contributed by atoms with Gasteiger partial charge in [-0.15, -0.1) is 0 Å². The number of hydrogen-bond donors (Lipinski definition) is 8. The Morgan fingerprint density at radius 3 is 2.40 bits per heavy atom. The van der Waals surface area contributed by atoms with Gasteiger partial charge in [0, 0.05) is 31.7 Å². The third-order valence-corrected chi connectivity index (χ3v) is 10.9. The van der Waals surface area contributed by atoms with E-state index in [0.29, 0.717) is 32.2 Å². The van der Waals surface area contributed by atoms with Crippen molar-refractivity contribution in [2.24, 2.45) is 5.73 Å². The summed E-state index contributed by atoms with van der Waals surface area (Å²) < 4.78 is 52.2. The summed E-state index contributed by atoms with van der Waals surface area (Å²) in [7, 11) is -16.9. The van der Waals surface area contributed by atoms with E-state index in [2.05, 4.69) is 18.5 Å². The number of phosphoric acid groups is 3. The van der Waals surface area contributed by atoms with Crippen LogP contribution in [-0.4, -0.2) is 77.3 Å². The molecular weight excluding hydrogens is 729 g/mol. The summed E-state index contributed by atoms with van der Waals surface area (Å²) in [6.07, 6.45) is 2.55. The zero-order valence-corrected chi connectivity index (χ0v) is 29.1. The van der Waals surface area contributed by atoms with Crippen LogP contribution >= 0.6 is 23.5 Å². The number of phosphoric ester groups is 1. The second kappa shape index (κ2) is 18.5. The number of aromatic amines is 1. The van der Waals surface area contributed by atoms with E-state index in [1.165, 1.54) is 0 Å². The molecule has 2 aromatic rings. The summed E-state index contributed by atoms with van der Waals surface area (Å²) in [5.41, 5.74) is 5.09. The number of ketones is 1. The average molecular weight is 769 g/mol. The molecule has 50 heavy (non-hydrogen) atoms. The Morgan fingerprint density at radius 1 is 1.04 bits per heavy atom. The summed E-state index contributed by atoms with van der Waals surface area (Å²) in [4.78, 5) is 87.5. The van der Waals surface area contributed by atoms with Gasteiger partial charge < -0.3 is 40.5 Å². The van der Waals surface area contributed by atoms with Gasteiger partial charge in [0.1, 0.15) is 18.1 Å². The highest BCUT2D eigenvalue weighted by molar-refractivity contribution is 7.66. The number of aliphatic hydroxyl groups excluding tert-OH is 1. The van der Waals surface area contributed by atoms with Crippen LogP contribution in [0.5, 0.6) is 0 Å². The Labute approximate surface area is 284 Å². The Balaban J connectivity index is 1.43. The van der Waals surface area contributed by atoms with Crippen LogP contribution in [-0.2, 0) is 47.6 Å². The second-order valence-corrected chi connectivity index (χ2v) is 15.5. The Morgan fingerprint density at radius 2 is 1.72 bits per heavy atom. The monoisotopic (exact) mass is 768 g/mol. The lowest BCUT2D eigenvalue weighted by atomic mass is 9.99. The number of unbranched alkanes of at least 4 members (excludes halogenated alkanes) is 3. The van der Waals surface area contributed by atoms with Gasteiger partial charge in [0.2, 0.25) is 5.91 Å². The molecule has 0 spiro atoms. The van der Waals surface area contributed by atoms with E-state index in [4.69, 9.17) is 20.3 Å². The lowest BCUT2D eigenvalue weighted by Gasteiger charge is -2.19. The van der Waals surface area contributed by atoms with Crippen molar-refractivity contribution in [3.63, 3.8) is 0 Å². The molecule has 0 saturated carbocycles. The topological polar surface area (TPSA) is 316 Å². The first-order valence-electron chi connectivity index (χ1n) is 15.1. The van der Waals surface area contributed by atoms with E-state index in [-0.39, 0.29) is 17.8 Å². The number of nitrogens with two attached hydrogens (primary N) is 1. The fourth-order valence-corrected chi connectivity index (χ4v) is 7.75. The predicted molar refractivity (Wildman–Crippen MR) is 174 cm³/mol. The smallest absolute Gasteiger partial charge is 0.390 e. The fraction of sp³-hybridized carbons (Fsp3) is 0.481. The van der Waals surface area contributed by atoms with Crippen LogP contribution in [0, 0.1) is 0 Å². The Bertz CT molecular complexity index is 1760. The maximum Gasteiger partial charge on any atom is 0.490 e. The zero-order valence-electron chi connectivity index (χ0n) is 26.4. The molecule has 1 aromatic heterocycles. The van der Waals surface area contributed by atoms with E-state index in [1.54, 1.807) is 0 Å². The van der Waals surface area contributed by atoms with Gasteiger partial charge in [0.25, 0.3) is 5.56 Å². The number of aromatic nitrogens is 2. The lowest BCUT2D eigenvalue weighted by molar-refractivity contribution is -0.120. The molecule has 0 radical (unpaired) electrons. The largest absolute Gasteiger partial charge is 0.490 e. The summed E-state index contributed by atoms with van der Waals surface area (Å²) >= 11 is 0. The quantitative estimate of drug-likeness (QED) is 0.0523. The molecule has 2 heterocycles. The SMILES string of the molecule is N[C@@H](Cc1ccccc1)C(=O)CCCCCCNC(=O)/C=C/c1cn([C@H]2C[C@H](O)[C@@H](COP(=O)(O)OP(=O)(O)OP(=O)(O)O)O2)c(=O)[nH]c1=O. The van der Waals surface area contributed by atoms with Crippen LogP contribution in [0.3, 0.4) is 0 Å². The van der Waals surface area contributed by atoms with E-state index in [0.717, 1.165) is 41.3 Å². The van der Waals surface area contributed by atoms with Crippen molar-refractivity contribution in [2.45, 2.75) is 69.4 Å². The minimum atomic E-state index is -5.76. The van der Waals surface area contributed by atoms with Gasteiger partial charge in [0.15, 0.2) is 0 Å². The molecule has 1 saturated heterocycles. The van der Waals surface area contributed by atoms with Crippen LogP contribution in [0.1, 0.15) is 55.9 Å². The van der Waals surface area contributed by atoms with Gasteiger partial charge in [-0.25, -0.2) is 18.5 Å². The zero-order chi connectivity index (χ0) is 37.1. The van der Waals surface area contributed by atoms with Crippen molar-refractivity contribution in [1.82, 2.24) is 14.9 Å². The Hall–Kier alpha value is -2.93. The molecule has 1 aliphatic rings. The molecule has 278 valence electrons. The van der Waals surface area contributed by atoms with Gasteiger partial charge in [-0.1, -0.05) is 43.2 Å². The minimum absolute atomic E-state index is 0.00462. The van der Waals surface area contributed by atoms with Crippen LogP contribution in [0.15, 0.2) is 52.2 Å². The van der Waals surface area contributed by atoms with Crippen molar-refractivity contribution in [3.05, 3.63) is 74.6 Å². The number of amides is 1. The fourth-order valence-electron chi connectivity index (χ4n) is 4.72. The van der Waals surface area contributed by atoms with Crippen LogP contribution in [0.4, 0.5) is 0 Å². The minimum Gasteiger partial charge on any atom is -0.390 e. The Kier molecular flexibility index (Phi) is 15.4. The summed E-state index contributed by atoms with van der Waals surface area (Å²) in [5, 5.41) is 13.0. The van der Waals surface area contributed by atoms with Crippen molar-refractivity contribution in [3.8, 4) is 0 Å². The molecule has 1 fully saturated rings. The first-order chi connectivity index (χ1) is 23.3. The number of Topliss-reactive ketones (excluding diaryl/α,β-unsaturated/α-hetero) is 1. The number of carbonyl (C=O) groups excluding carboxylic acids is 2. The number of ether oxygens (including phenoxy) is 1. The number of aliphatic hydroxyl groups is 1. The molecule has 6 atom stereocenters. The molecule has 1 aromatic carbocycles. The van der Waals surface area contributed by atoms with Crippen LogP contribution in [0.2, 0.25) is 0 Å². The van der Waals surface area contributed by atoms with Crippen molar-refractivity contribution >= 4 is 41.2 Å². The molecule has 0 aliphatic carbocycles. The first kappa shape index (κ1) is 41.5. The van der Waals surface area contributed by atoms with Crippen molar-refractivity contribution in [1.29, 1.82) is 0 Å². The number of H-pyrrole nitrogens is 1. The van der Waals surface area contributed by atoms with Crippen LogP contribution in [0.25, 0.3) is 6.08 Å². The molecule has 1 amide bonds. The van der Waals surface area contributed by atoms with E-state index in [9.17, 15) is 47.8 Å². The number of carbonyl (C=O) groups is 2. The van der Waals surface area contributed by atoms with Gasteiger partial charge in [-0.2, -0.15) is 8.62 Å². The maximum atomic E-state index is 12.5. The molecular formula is C27H39N4O16P3. The highest BCUT2D eigenvalue weighted by atomic mass is 31.3. The number of nitrogens with one attached hydrogen (secondary N) is 2. The first-order valence-corrected chi connectivity index (χ1v) is 19.6. The van der Waals surface area contributed by atoms with E-state index < -0.39 is 71.7 Å². The highest BCUT2D eigenvalue weighted by Crippen LogP contribution is 2.66. The van der Waals surface area contributed by atoms with Crippen LogP contribution < -0.4 is 22.3 Å². The predicted octanol–water partition coefficient (Wildman–Crippen LogP) is 0.747. The molecule has 23 heteroatoms. The maximum absolute atomic E-state index is 12.5. The normalized spacial score (nSPS) is 21.0. The molecule has 9 N–H and O–H groups in total. The summed E-state index contributed by atoms with van der Waals surface area (Å²) in [5.74, 6) is -0.529. The van der Waals surface area contributed by atoms with E-state index in [1.807, 2.05) is 35.3 Å². The standard InChI is InChI=1S/C27H39N4O16P3/c28-20(14-18-8-4-3-5-9-18)21(32)10-6-1-2-7-13-29-24(34)12-11-19-16-31(27(36)30-26(19)35)25-15-22(33)23(45-25)17-44-49(40,41)47-50(42,43)46-48(37,38)39/h3-5,8-9,11-12,16,20,22-23,25,33H,1-2,6-7,10,13-15,17,28H2,(H,29,34)(H,40,41)(H,42,43)(H,30,35,36)(H2,37,38,39)/b12-11+/t20-,22-,23+,25+/m0/s1. The van der Waals surface area contributed by atoms with Gasteiger partial charge in [0.05, 0.1) is 24.3 Å². The number of hydrogen-bond acceptors (Lipinski definition) is 13. The summed E-state index contributed by atoms with van der Waals surface area (Å²) in [6.45, 7) is -0.635. The molecule has 2 unspecified atom stereocenters. The summed E-state index contributed by atoms with van der Waals surface area (Å²) in [6, 6.07) is 8.96. The van der Waals surface area contributed by atoms with Gasteiger partial charge in [-0.05, 0) is 30.9 Å². The number of nitrogens with zero attached hydrogens (tertiary/aromatic N) is 1. The van der Waals surface area contributed by atoms with Crippen molar-refractivity contribution in [2.75, 3.05) is 13.2 Å². The highest BCUT2D eigenvalue weighted by Gasteiger charge is 2.43. The third-order valence-electron chi connectivity index (χ3n) is 7.10. The third kappa shape index (κ3) is 14.4. The van der Waals surface area contributed by atoms with Gasteiger partial charge >= 0.3 is 29.2 Å². The lowest BCUT2D eigenvalue weighted by Crippen LogP contribution is -2.33.